The van der Waals surface area contributed by atoms with Crippen LogP contribution < -0.4 is 11.5 Å². The van der Waals surface area contributed by atoms with Crippen molar-refractivity contribution in [3.63, 3.8) is 0 Å². The van der Waals surface area contributed by atoms with E-state index in [4.69, 9.17) is 11.5 Å². The lowest BCUT2D eigenvalue weighted by Gasteiger charge is -2.03. The van der Waals surface area contributed by atoms with Crippen LogP contribution >= 0.6 is 0 Å². The Balaban J connectivity index is 0.000000226. The number of benzene rings is 4. The average molecular weight is 611 g/mol. The summed E-state index contributed by atoms with van der Waals surface area (Å²) in [6.07, 6.45) is 4.91. The predicted molar refractivity (Wildman–Crippen MR) is 197 cm³/mol. The molecule has 0 heterocycles. The second kappa shape index (κ2) is 17.3. The fraction of sp³-hybridized carbons (Fsp3) is 0.190. The van der Waals surface area contributed by atoms with Gasteiger partial charge in [-0.25, -0.2) is 0 Å². The van der Waals surface area contributed by atoms with Crippen molar-refractivity contribution in [2.75, 3.05) is 0 Å². The molecule has 0 bridgehead atoms. The van der Waals surface area contributed by atoms with E-state index in [1.807, 2.05) is 88.4 Å². The molecule has 46 heavy (non-hydrogen) atoms. The van der Waals surface area contributed by atoms with Gasteiger partial charge in [-0.1, -0.05) is 137 Å². The molecule has 0 atom stereocenters. The minimum absolute atomic E-state index is 0.287. The van der Waals surface area contributed by atoms with Gasteiger partial charge in [0.25, 0.3) is 0 Å². The van der Waals surface area contributed by atoms with E-state index < -0.39 is 0 Å². The van der Waals surface area contributed by atoms with Gasteiger partial charge < -0.3 is 11.5 Å². The predicted octanol–water partition coefficient (Wildman–Crippen LogP) is 9.83. The first-order valence-corrected chi connectivity index (χ1v) is 16.0. The quantitative estimate of drug-likeness (QED) is 0.228. The standard InChI is InChI=1S/2C19H17NO.2C2H6/c2*1-13-17(11-14-7-3-2-4-8-14)15-9-5-6-10-16(15)18(13)12-19(20)21;2*1-2/h2*2-11H,12H2,1H3,(H2,20,21);2*1-2H3. The van der Waals surface area contributed by atoms with Gasteiger partial charge in [-0.05, 0) is 92.8 Å². The zero-order chi connectivity index (χ0) is 33.6. The highest BCUT2D eigenvalue weighted by Gasteiger charge is 2.25. The molecule has 4 aromatic rings. The first-order valence-electron chi connectivity index (χ1n) is 16.0. The van der Waals surface area contributed by atoms with E-state index in [0.29, 0.717) is 0 Å². The number of primary amides is 2. The minimum atomic E-state index is -0.292. The van der Waals surface area contributed by atoms with Crippen LogP contribution in [0, 0.1) is 0 Å². The molecule has 4 nitrogen and oxygen atoms in total. The summed E-state index contributed by atoms with van der Waals surface area (Å²) in [6, 6.07) is 36.8. The molecule has 0 saturated carbocycles. The number of carbonyl (C=O) groups is 2. The summed E-state index contributed by atoms with van der Waals surface area (Å²) in [5.41, 5.74) is 24.4. The maximum Gasteiger partial charge on any atom is 0.221 e. The molecule has 2 aliphatic carbocycles. The Labute approximate surface area is 274 Å². The summed E-state index contributed by atoms with van der Waals surface area (Å²) in [7, 11) is 0. The highest BCUT2D eigenvalue weighted by Crippen LogP contribution is 2.44. The molecule has 6 rings (SSSR count). The lowest BCUT2D eigenvalue weighted by molar-refractivity contribution is -0.117. The molecule has 0 aromatic heterocycles. The second-order valence-corrected chi connectivity index (χ2v) is 10.5. The molecule has 0 unspecified atom stereocenters. The highest BCUT2D eigenvalue weighted by atomic mass is 16.1. The monoisotopic (exact) mass is 610 g/mol. The van der Waals surface area contributed by atoms with Crippen molar-refractivity contribution in [1.29, 1.82) is 0 Å². The zero-order valence-corrected chi connectivity index (χ0v) is 27.9. The van der Waals surface area contributed by atoms with Crippen molar-refractivity contribution in [2.45, 2.75) is 54.4 Å². The third-order valence-corrected chi connectivity index (χ3v) is 7.72. The van der Waals surface area contributed by atoms with Gasteiger partial charge in [0, 0.05) is 0 Å². The fourth-order valence-corrected chi connectivity index (χ4v) is 5.70. The number of amides is 2. The number of nitrogens with two attached hydrogens (primary N) is 2. The van der Waals surface area contributed by atoms with Gasteiger partial charge in [-0.2, -0.15) is 0 Å². The zero-order valence-electron chi connectivity index (χ0n) is 27.9. The Morgan fingerprint density at radius 1 is 0.478 bits per heavy atom. The first-order chi connectivity index (χ1) is 22.3. The molecule has 2 amide bonds. The van der Waals surface area contributed by atoms with E-state index in [-0.39, 0.29) is 24.7 Å². The van der Waals surface area contributed by atoms with Gasteiger partial charge in [0.1, 0.15) is 0 Å². The maximum atomic E-state index is 11.3. The van der Waals surface area contributed by atoms with E-state index in [1.54, 1.807) is 0 Å². The Kier molecular flexibility index (Phi) is 13.3. The van der Waals surface area contributed by atoms with Crippen LogP contribution in [0.2, 0.25) is 0 Å². The van der Waals surface area contributed by atoms with E-state index in [0.717, 1.165) is 44.5 Å². The van der Waals surface area contributed by atoms with Crippen molar-refractivity contribution in [2.24, 2.45) is 11.5 Å². The molecule has 4 heteroatoms. The van der Waals surface area contributed by atoms with E-state index in [9.17, 15) is 9.59 Å². The van der Waals surface area contributed by atoms with Gasteiger partial charge in [0.05, 0.1) is 12.8 Å². The number of hydrogen-bond acceptors (Lipinski definition) is 2. The number of fused-ring (bicyclic) bond motifs is 2. The van der Waals surface area contributed by atoms with Gasteiger partial charge >= 0.3 is 0 Å². The van der Waals surface area contributed by atoms with Crippen molar-refractivity contribution in [3.05, 3.63) is 154 Å². The van der Waals surface area contributed by atoms with Gasteiger partial charge in [-0.3, -0.25) is 9.59 Å². The second-order valence-electron chi connectivity index (χ2n) is 10.5. The van der Waals surface area contributed by atoms with Gasteiger partial charge in [-0.15, -0.1) is 0 Å². The minimum Gasteiger partial charge on any atom is -0.369 e. The van der Waals surface area contributed by atoms with E-state index >= 15 is 0 Å². The Hall–Kier alpha value is -5.22. The van der Waals surface area contributed by atoms with Crippen molar-refractivity contribution < 1.29 is 9.59 Å². The highest BCUT2D eigenvalue weighted by molar-refractivity contribution is 6.09. The van der Waals surface area contributed by atoms with Crippen LogP contribution in [0.4, 0.5) is 0 Å². The van der Waals surface area contributed by atoms with Crippen molar-refractivity contribution in [3.8, 4) is 0 Å². The fourth-order valence-electron chi connectivity index (χ4n) is 5.70. The first kappa shape index (κ1) is 35.3. The van der Waals surface area contributed by atoms with Crippen LogP contribution in [-0.4, -0.2) is 11.8 Å². The Morgan fingerprint density at radius 3 is 1.07 bits per heavy atom. The molecule has 0 radical (unpaired) electrons. The van der Waals surface area contributed by atoms with Crippen LogP contribution in [0.3, 0.4) is 0 Å². The molecule has 0 aliphatic heterocycles. The molecule has 4 aromatic carbocycles. The summed E-state index contributed by atoms with van der Waals surface area (Å²) in [6.45, 7) is 12.1. The van der Waals surface area contributed by atoms with Crippen LogP contribution in [-0.2, 0) is 9.59 Å². The van der Waals surface area contributed by atoms with E-state index in [2.05, 4.69) is 74.5 Å². The van der Waals surface area contributed by atoms with E-state index in [1.165, 1.54) is 22.3 Å². The third kappa shape index (κ3) is 8.48. The topological polar surface area (TPSA) is 86.2 Å². The Morgan fingerprint density at radius 2 is 0.761 bits per heavy atom. The Bertz CT molecular complexity index is 1640. The molecule has 4 N–H and O–H groups in total. The summed E-state index contributed by atoms with van der Waals surface area (Å²) in [5, 5.41) is 0. The van der Waals surface area contributed by atoms with Gasteiger partial charge in [0.2, 0.25) is 11.8 Å². The van der Waals surface area contributed by atoms with Crippen LogP contribution in [0.1, 0.15) is 87.8 Å². The molecule has 2 aliphatic rings. The number of carbonyl (C=O) groups excluding carboxylic acids is 2. The molecule has 0 spiro atoms. The molecular weight excluding hydrogens is 564 g/mol. The normalized spacial score (nSPS) is 14.3. The van der Waals surface area contributed by atoms with Gasteiger partial charge in [0.15, 0.2) is 0 Å². The number of rotatable bonds is 6. The number of hydrogen-bond donors (Lipinski definition) is 2. The summed E-state index contributed by atoms with van der Waals surface area (Å²) < 4.78 is 0. The molecule has 236 valence electrons. The SMILES string of the molecule is CC.CC.CC1=C(CC(N)=O)c2ccccc2C1=Cc1ccccc1.CC1=C(CC(N)=O)c2ccccc2C1=Cc1ccccc1. The van der Waals surface area contributed by atoms with Crippen LogP contribution in [0.15, 0.2) is 120 Å². The number of allylic oxidation sites excluding steroid dienone is 4. The van der Waals surface area contributed by atoms with Crippen molar-refractivity contribution >= 4 is 46.3 Å². The lowest BCUT2D eigenvalue weighted by atomic mass is 10.0. The molecule has 0 saturated heterocycles. The average Bonchev–Trinajstić information content (AvgIpc) is 3.49. The summed E-state index contributed by atoms with van der Waals surface area (Å²) in [4.78, 5) is 22.7. The molecular formula is C42H46N2O2. The van der Waals surface area contributed by atoms with Crippen LogP contribution in [0.25, 0.3) is 34.4 Å². The largest absolute Gasteiger partial charge is 0.369 e. The molecule has 0 fully saturated rings. The maximum absolute atomic E-state index is 11.3. The lowest BCUT2D eigenvalue weighted by Crippen LogP contribution is -2.10. The van der Waals surface area contributed by atoms with Crippen LogP contribution in [0.5, 0.6) is 0 Å². The summed E-state index contributed by atoms with van der Waals surface area (Å²) >= 11 is 0. The summed E-state index contributed by atoms with van der Waals surface area (Å²) in [5.74, 6) is -0.583. The smallest absolute Gasteiger partial charge is 0.221 e. The van der Waals surface area contributed by atoms with Crippen molar-refractivity contribution in [1.82, 2.24) is 0 Å². The third-order valence-electron chi connectivity index (χ3n) is 7.72.